The van der Waals surface area contributed by atoms with E-state index >= 15 is 0 Å². The fraction of sp³-hybridized carbons (Fsp3) is 0.625. The molecule has 0 amide bonds. The second-order valence-electron chi connectivity index (χ2n) is 2.55. The van der Waals surface area contributed by atoms with Crippen molar-refractivity contribution in [3.63, 3.8) is 0 Å². The molecule has 0 bridgehead atoms. The van der Waals surface area contributed by atoms with Crippen LogP contribution < -0.4 is 5.32 Å². The van der Waals surface area contributed by atoms with Gasteiger partial charge in [-0.05, 0) is 0 Å². The molecule has 0 aromatic rings. The van der Waals surface area contributed by atoms with Crippen LogP contribution in [0.3, 0.4) is 0 Å². The lowest BCUT2D eigenvalue weighted by Crippen LogP contribution is -2.41. The lowest BCUT2D eigenvalue weighted by atomic mass is 10.2. The van der Waals surface area contributed by atoms with Crippen LogP contribution in [0.1, 0.15) is 6.92 Å². The Bertz CT molecular complexity index is 185. The van der Waals surface area contributed by atoms with Crippen molar-refractivity contribution >= 4 is 5.97 Å². The van der Waals surface area contributed by atoms with E-state index in [1.165, 1.54) is 0 Å². The highest BCUT2D eigenvalue weighted by molar-refractivity contribution is 5.73. The minimum atomic E-state index is -1.07. The number of carboxylic acid groups (broad SMARTS) is 1. The van der Waals surface area contributed by atoms with Gasteiger partial charge < -0.3 is 15.5 Å². The van der Waals surface area contributed by atoms with Crippen molar-refractivity contribution in [3.05, 3.63) is 0 Å². The molecule has 3 N–H and O–H groups in total. The molecular formula is C8H13NO3. The van der Waals surface area contributed by atoms with Crippen molar-refractivity contribution in [1.82, 2.24) is 5.32 Å². The summed E-state index contributed by atoms with van der Waals surface area (Å²) < 4.78 is 0. The highest BCUT2D eigenvalue weighted by Crippen LogP contribution is 1.90. The van der Waals surface area contributed by atoms with Crippen molar-refractivity contribution < 1.29 is 15.0 Å². The summed E-state index contributed by atoms with van der Waals surface area (Å²) in [6.07, 6.45) is 5.08. The fourth-order valence-electron chi connectivity index (χ4n) is 0.608. The average Bonchev–Trinajstić information content (AvgIpc) is 2.04. The van der Waals surface area contributed by atoms with Gasteiger partial charge in [0.25, 0.3) is 0 Å². The van der Waals surface area contributed by atoms with Crippen LogP contribution in [0.5, 0.6) is 0 Å². The zero-order chi connectivity index (χ0) is 9.56. The van der Waals surface area contributed by atoms with Gasteiger partial charge in [0.2, 0.25) is 0 Å². The number of aliphatic hydroxyl groups excluding tert-OH is 1. The quantitative estimate of drug-likeness (QED) is 0.478. The molecule has 0 rings (SSSR count). The third-order valence-corrected chi connectivity index (χ3v) is 1.44. The maximum Gasteiger partial charge on any atom is 0.323 e. The Hall–Kier alpha value is -1.05. The Kier molecular flexibility index (Phi) is 5.09. The number of hydrogen-bond acceptors (Lipinski definition) is 3. The third kappa shape index (κ3) is 3.96. The fourth-order valence-corrected chi connectivity index (χ4v) is 0.608. The molecule has 0 aromatic carbocycles. The number of aliphatic carboxylic acids is 1. The van der Waals surface area contributed by atoms with Crippen LogP contribution in [0.25, 0.3) is 0 Å². The molecule has 0 heterocycles. The van der Waals surface area contributed by atoms with Gasteiger partial charge in [0, 0.05) is 12.5 Å². The Labute approximate surface area is 71.6 Å². The van der Waals surface area contributed by atoms with Gasteiger partial charge in [-0.3, -0.25) is 4.79 Å². The normalized spacial score (nSPS) is 14.8. The number of hydrogen-bond donors (Lipinski definition) is 3. The summed E-state index contributed by atoms with van der Waals surface area (Å²) in [4.78, 5) is 10.4. The van der Waals surface area contributed by atoms with Gasteiger partial charge in [-0.15, -0.1) is 12.3 Å². The van der Waals surface area contributed by atoms with Gasteiger partial charge in [-0.25, -0.2) is 0 Å². The SMILES string of the molecule is C#CC(C)CNC(CO)C(=O)O. The maximum atomic E-state index is 10.4. The van der Waals surface area contributed by atoms with Crippen molar-refractivity contribution in [2.24, 2.45) is 5.92 Å². The Morgan fingerprint density at radius 3 is 2.67 bits per heavy atom. The molecule has 0 aliphatic rings. The van der Waals surface area contributed by atoms with Crippen LogP contribution in [-0.4, -0.2) is 35.4 Å². The highest BCUT2D eigenvalue weighted by atomic mass is 16.4. The van der Waals surface area contributed by atoms with E-state index in [2.05, 4.69) is 11.2 Å². The number of nitrogens with one attached hydrogen (secondary N) is 1. The first-order valence-corrected chi connectivity index (χ1v) is 3.65. The Morgan fingerprint density at radius 1 is 1.75 bits per heavy atom. The maximum absolute atomic E-state index is 10.4. The van der Waals surface area contributed by atoms with Crippen LogP contribution in [0, 0.1) is 18.3 Å². The van der Waals surface area contributed by atoms with Crippen molar-refractivity contribution in [1.29, 1.82) is 0 Å². The topological polar surface area (TPSA) is 69.6 Å². The Morgan fingerprint density at radius 2 is 2.33 bits per heavy atom. The van der Waals surface area contributed by atoms with Gasteiger partial charge >= 0.3 is 5.97 Å². The molecule has 0 saturated carbocycles. The van der Waals surface area contributed by atoms with E-state index in [9.17, 15) is 4.79 Å². The van der Waals surface area contributed by atoms with E-state index in [4.69, 9.17) is 16.6 Å². The van der Waals surface area contributed by atoms with E-state index in [1.54, 1.807) is 6.92 Å². The summed E-state index contributed by atoms with van der Waals surface area (Å²) in [5, 5.41) is 19.7. The number of aliphatic hydroxyl groups is 1. The predicted octanol–water partition coefficient (Wildman–Crippen LogP) is -0.709. The van der Waals surface area contributed by atoms with E-state index in [0.717, 1.165) is 0 Å². The molecule has 4 nitrogen and oxygen atoms in total. The first-order valence-electron chi connectivity index (χ1n) is 3.65. The molecule has 0 aliphatic heterocycles. The first kappa shape index (κ1) is 11.0. The summed E-state index contributed by atoms with van der Waals surface area (Å²) >= 11 is 0. The molecule has 2 atom stereocenters. The highest BCUT2D eigenvalue weighted by Gasteiger charge is 2.15. The van der Waals surface area contributed by atoms with Gasteiger partial charge in [-0.2, -0.15) is 0 Å². The molecule has 2 unspecified atom stereocenters. The molecule has 0 radical (unpaired) electrons. The number of rotatable bonds is 5. The van der Waals surface area contributed by atoms with Crippen molar-refractivity contribution in [3.8, 4) is 12.3 Å². The summed E-state index contributed by atoms with van der Waals surface area (Å²) in [5.74, 6) is 1.35. The lowest BCUT2D eigenvalue weighted by Gasteiger charge is -2.12. The average molecular weight is 171 g/mol. The largest absolute Gasteiger partial charge is 0.480 e. The summed E-state index contributed by atoms with van der Waals surface area (Å²) in [7, 11) is 0. The minimum absolute atomic E-state index is 0.0293. The van der Waals surface area contributed by atoms with Gasteiger partial charge in [0.05, 0.1) is 6.61 Å². The number of terminal acetylenes is 1. The molecule has 68 valence electrons. The molecule has 0 aromatic heterocycles. The molecule has 0 spiro atoms. The monoisotopic (exact) mass is 171 g/mol. The summed E-state index contributed by atoms with van der Waals surface area (Å²) in [6, 6.07) is -0.916. The number of carbonyl (C=O) groups is 1. The van der Waals surface area contributed by atoms with Crippen LogP contribution in [-0.2, 0) is 4.79 Å². The zero-order valence-electron chi connectivity index (χ0n) is 6.95. The minimum Gasteiger partial charge on any atom is -0.480 e. The van der Waals surface area contributed by atoms with Crippen LogP contribution in [0.15, 0.2) is 0 Å². The predicted molar refractivity (Wildman–Crippen MR) is 44.5 cm³/mol. The molecule has 4 heteroatoms. The van der Waals surface area contributed by atoms with Crippen LogP contribution in [0.4, 0.5) is 0 Å². The third-order valence-electron chi connectivity index (χ3n) is 1.44. The Balaban J connectivity index is 3.75. The standard InChI is InChI=1S/C8H13NO3/c1-3-6(2)4-9-7(5-10)8(11)12/h1,6-7,9-10H,4-5H2,2H3,(H,11,12). The van der Waals surface area contributed by atoms with E-state index in [1.807, 2.05) is 0 Å². The molecular weight excluding hydrogens is 158 g/mol. The lowest BCUT2D eigenvalue weighted by molar-refractivity contribution is -0.140. The molecule has 0 aliphatic carbocycles. The van der Waals surface area contributed by atoms with Gasteiger partial charge in [0.1, 0.15) is 6.04 Å². The van der Waals surface area contributed by atoms with Crippen LogP contribution in [0.2, 0.25) is 0 Å². The summed E-state index contributed by atoms with van der Waals surface area (Å²) in [5.41, 5.74) is 0. The van der Waals surface area contributed by atoms with Gasteiger partial charge in [-0.1, -0.05) is 6.92 Å². The second kappa shape index (κ2) is 5.58. The van der Waals surface area contributed by atoms with E-state index in [-0.39, 0.29) is 5.92 Å². The molecule has 12 heavy (non-hydrogen) atoms. The number of carboxylic acids is 1. The van der Waals surface area contributed by atoms with E-state index < -0.39 is 18.6 Å². The first-order chi connectivity index (χ1) is 5.61. The zero-order valence-corrected chi connectivity index (χ0v) is 6.95. The van der Waals surface area contributed by atoms with Crippen molar-refractivity contribution in [2.75, 3.05) is 13.2 Å². The van der Waals surface area contributed by atoms with Crippen molar-refractivity contribution in [2.45, 2.75) is 13.0 Å². The van der Waals surface area contributed by atoms with Crippen LogP contribution >= 0.6 is 0 Å². The smallest absolute Gasteiger partial charge is 0.323 e. The van der Waals surface area contributed by atoms with Gasteiger partial charge in [0.15, 0.2) is 0 Å². The molecule has 0 fully saturated rings. The van der Waals surface area contributed by atoms with E-state index in [0.29, 0.717) is 6.54 Å². The second-order valence-corrected chi connectivity index (χ2v) is 2.55. The molecule has 0 saturated heterocycles. The summed E-state index contributed by atoms with van der Waals surface area (Å²) in [6.45, 7) is 1.77.